The van der Waals surface area contributed by atoms with E-state index in [0.29, 0.717) is 11.3 Å². The van der Waals surface area contributed by atoms with Gasteiger partial charge in [-0.25, -0.2) is 9.18 Å². The van der Waals surface area contributed by atoms with E-state index < -0.39 is 29.9 Å². The second-order valence-corrected chi connectivity index (χ2v) is 5.29. The average molecular weight is 365 g/mol. The van der Waals surface area contributed by atoms with Gasteiger partial charge in [-0.3, -0.25) is 9.59 Å². The molecule has 0 heterocycles. The molecule has 2 rings (SSSR count). The van der Waals surface area contributed by atoms with Gasteiger partial charge in [0.25, 0.3) is 11.8 Å². The summed E-state index contributed by atoms with van der Waals surface area (Å²) < 4.78 is 18.4. The maximum absolute atomic E-state index is 13.6. The maximum Gasteiger partial charge on any atom is 0.343 e. The van der Waals surface area contributed by atoms with Crippen molar-refractivity contribution in [3.63, 3.8) is 0 Å². The van der Waals surface area contributed by atoms with Crippen molar-refractivity contribution in [3.8, 4) is 0 Å². The van der Waals surface area contributed by atoms with Crippen molar-refractivity contribution in [3.05, 3.63) is 64.4 Å². The van der Waals surface area contributed by atoms with Crippen LogP contribution in [0.15, 0.2) is 42.5 Å². The minimum atomic E-state index is -1.04. The number of anilines is 1. The standard InChI is InChI=1S/C17H14ClFN2O4/c1-20-16(23)10-4-2-5-11(8-10)21-14(22)9-25-17(24)15-12(18)6-3-7-13(15)19/h2-8H,9H2,1H3,(H,20,23)(H,21,22). The number of amides is 2. The van der Waals surface area contributed by atoms with E-state index in [-0.39, 0.29) is 10.9 Å². The predicted octanol–water partition coefficient (Wildman–Crippen LogP) is 2.63. The molecular formula is C17H14ClFN2O4. The second kappa shape index (κ2) is 8.25. The highest BCUT2D eigenvalue weighted by atomic mass is 35.5. The normalized spacial score (nSPS) is 10.0. The fraction of sp³-hybridized carbons (Fsp3) is 0.118. The molecule has 2 aromatic carbocycles. The van der Waals surface area contributed by atoms with Gasteiger partial charge in [0.2, 0.25) is 0 Å². The lowest BCUT2D eigenvalue weighted by Gasteiger charge is -2.09. The minimum Gasteiger partial charge on any atom is -0.452 e. The van der Waals surface area contributed by atoms with Gasteiger partial charge < -0.3 is 15.4 Å². The first-order valence-corrected chi connectivity index (χ1v) is 7.53. The summed E-state index contributed by atoms with van der Waals surface area (Å²) in [4.78, 5) is 35.2. The van der Waals surface area contributed by atoms with Crippen molar-refractivity contribution < 1.29 is 23.5 Å². The molecule has 6 nitrogen and oxygen atoms in total. The van der Waals surface area contributed by atoms with Gasteiger partial charge in [0, 0.05) is 18.3 Å². The molecule has 0 spiro atoms. The fourth-order valence-electron chi connectivity index (χ4n) is 1.98. The Morgan fingerprint density at radius 2 is 1.88 bits per heavy atom. The van der Waals surface area contributed by atoms with E-state index in [4.69, 9.17) is 16.3 Å². The number of benzene rings is 2. The number of hydrogen-bond acceptors (Lipinski definition) is 4. The molecule has 2 amide bonds. The zero-order chi connectivity index (χ0) is 18.4. The van der Waals surface area contributed by atoms with Gasteiger partial charge >= 0.3 is 5.97 Å². The number of esters is 1. The van der Waals surface area contributed by atoms with Crippen molar-refractivity contribution in [2.45, 2.75) is 0 Å². The molecule has 2 aromatic rings. The number of ether oxygens (including phenoxy) is 1. The number of rotatable bonds is 5. The third-order valence-electron chi connectivity index (χ3n) is 3.14. The number of halogens is 2. The van der Waals surface area contributed by atoms with Crippen LogP contribution in [0.2, 0.25) is 5.02 Å². The van der Waals surface area contributed by atoms with E-state index in [9.17, 15) is 18.8 Å². The van der Waals surface area contributed by atoms with Crippen LogP contribution in [-0.4, -0.2) is 31.4 Å². The Kier molecular flexibility index (Phi) is 6.08. The number of hydrogen-bond donors (Lipinski definition) is 2. The highest BCUT2D eigenvalue weighted by molar-refractivity contribution is 6.33. The Morgan fingerprint density at radius 1 is 1.16 bits per heavy atom. The zero-order valence-electron chi connectivity index (χ0n) is 13.1. The quantitative estimate of drug-likeness (QED) is 0.799. The van der Waals surface area contributed by atoms with E-state index in [1.54, 1.807) is 18.2 Å². The molecule has 0 radical (unpaired) electrons. The Morgan fingerprint density at radius 3 is 2.56 bits per heavy atom. The topological polar surface area (TPSA) is 84.5 Å². The molecule has 0 aromatic heterocycles. The minimum absolute atomic E-state index is 0.108. The summed E-state index contributed by atoms with van der Waals surface area (Å²) in [6.07, 6.45) is 0. The van der Waals surface area contributed by atoms with Crippen molar-refractivity contribution in [2.24, 2.45) is 0 Å². The number of carbonyl (C=O) groups excluding carboxylic acids is 3. The van der Waals surface area contributed by atoms with Crippen LogP contribution in [0.5, 0.6) is 0 Å². The fourth-order valence-corrected chi connectivity index (χ4v) is 2.22. The highest BCUT2D eigenvalue weighted by Crippen LogP contribution is 2.19. The van der Waals surface area contributed by atoms with Crippen LogP contribution < -0.4 is 10.6 Å². The van der Waals surface area contributed by atoms with Gasteiger partial charge in [-0.05, 0) is 30.3 Å². The Bertz CT molecular complexity index is 806. The lowest BCUT2D eigenvalue weighted by atomic mass is 10.2. The number of carbonyl (C=O) groups is 3. The molecular weight excluding hydrogens is 351 g/mol. The molecule has 0 unspecified atom stereocenters. The monoisotopic (exact) mass is 364 g/mol. The summed E-state index contributed by atoms with van der Waals surface area (Å²) in [6, 6.07) is 9.95. The first-order valence-electron chi connectivity index (χ1n) is 7.15. The van der Waals surface area contributed by atoms with Crippen molar-refractivity contribution >= 4 is 35.1 Å². The van der Waals surface area contributed by atoms with Crippen LogP contribution in [0, 0.1) is 5.82 Å². The summed E-state index contributed by atoms with van der Waals surface area (Å²) in [5, 5.41) is 4.83. The summed E-state index contributed by atoms with van der Waals surface area (Å²) in [7, 11) is 1.49. The van der Waals surface area contributed by atoms with Crippen LogP contribution in [0.1, 0.15) is 20.7 Å². The molecule has 130 valence electrons. The Hall–Kier alpha value is -2.93. The van der Waals surface area contributed by atoms with Crippen molar-refractivity contribution in [2.75, 3.05) is 19.0 Å². The molecule has 0 atom stereocenters. The Labute approximate surface area is 147 Å². The van der Waals surface area contributed by atoms with E-state index in [1.807, 2.05) is 0 Å². The summed E-state index contributed by atoms with van der Waals surface area (Å²) in [5.41, 5.74) is 0.278. The van der Waals surface area contributed by atoms with Gasteiger partial charge in [-0.15, -0.1) is 0 Å². The van der Waals surface area contributed by atoms with E-state index in [2.05, 4.69) is 10.6 Å². The maximum atomic E-state index is 13.6. The van der Waals surface area contributed by atoms with Crippen LogP contribution in [0.4, 0.5) is 10.1 Å². The van der Waals surface area contributed by atoms with Crippen LogP contribution >= 0.6 is 11.6 Å². The molecule has 25 heavy (non-hydrogen) atoms. The average Bonchev–Trinajstić information content (AvgIpc) is 2.59. The van der Waals surface area contributed by atoms with Gasteiger partial charge in [0.15, 0.2) is 6.61 Å². The molecule has 8 heteroatoms. The molecule has 0 bridgehead atoms. The predicted molar refractivity (Wildman–Crippen MR) is 90.2 cm³/mol. The van der Waals surface area contributed by atoms with Gasteiger partial charge in [0.1, 0.15) is 11.4 Å². The SMILES string of the molecule is CNC(=O)c1cccc(NC(=O)COC(=O)c2c(F)cccc2Cl)c1. The zero-order valence-corrected chi connectivity index (χ0v) is 13.9. The van der Waals surface area contributed by atoms with Crippen molar-refractivity contribution in [1.29, 1.82) is 0 Å². The summed E-state index contributed by atoms with van der Waals surface area (Å²) in [5.74, 6) is -2.83. The smallest absolute Gasteiger partial charge is 0.343 e. The molecule has 0 aliphatic rings. The number of nitrogens with one attached hydrogen (secondary N) is 2. The third kappa shape index (κ3) is 4.77. The van der Waals surface area contributed by atoms with Crippen LogP contribution in [-0.2, 0) is 9.53 Å². The first kappa shape index (κ1) is 18.4. The summed E-state index contributed by atoms with van der Waals surface area (Å²) in [6.45, 7) is -0.631. The molecule has 0 aliphatic carbocycles. The van der Waals surface area contributed by atoms with E-state index >= 15 is 0 Å². The second-order valence-electron chi connectivity index (χ2n) is 4.88. The van der Waals surface area contributed by atoms with Gasteiger partial charge in [0.05, 0.1) is 5.02 Å². The van der Waals surface area contributed by atoms with Gasteiger partial charge in [-0.2, -0.15) is 0 Å². The molecule has 0 fully saturated rings. The van der Waals surface area contributed by atoms with E-state index in [1.165, 1.54) is 25.2 Å². The molecule has 0 saturated heterocycles. The van der Waals surface area contributed by atoms with Crippen molar-refractivity contribution in [1.82, 2.24) is 5.32 Å². The van der Waals surface area contributed by atoms with Gasteiger partial charge in [-0.1, -0.05) is 23.7 Å². The lowest BCUT2D eigenvalue weighted by Crippen LogP contribution is -2.22. The summed E-state index contributed by atoms with van der Waals surface area (Å²) >= 11 is 5.75. The largest absolute Gasteiger partial charge is 0.452 e. The van der Waals surface area contributed by atoms with Crippen LogP contribution in [0.25, 0.3) is 0 Å². The molecule has 0 saturated carbocycles. The Balaban J connectivity index is 1.97. The van der Waals surface area contributed by atoms with E-state index in [0.717, 1.165) is 6.07 Å². The lowest BCUT2D eigenvalue weighted by molar-refractivity contribution is -0.119. The highest BCUT2D eigenvalue weighted by Gasteiger charge is 2.18. The van der Waals surface area contributed by atoms with Crippen LogP contribution in [0.3, 0.4) is 0 Å². The third-order valence-corrected chi connectivity index (χ3v) is 3.45. The molecule has 0 aliphatic heterocycles. The first-order chi connectivity index (χ1) is 11.9. The molecule has 2 N–H and O–H groups in total.